The Morgan fingerprint density at radius 1 is 1.30 bits per heavy atom. The molecule has 2 aliphatic heterocycles. The minimum absolute atomic E-state index is 0.0182. The molecule has 30 heavy (non-hydrogen) atoms. The van der Waals surface area contributed by atoms with Gasteiger partial charge in [0.05, 0.1) is 5.60 Å². The summed E-state index contributed by atoms with van der Waals surface area (Å²) in [7, 11) is 0. The lowest BCUT2D eigenvalue weighted by atomic mass is 9.74. The second-order valence-electron chi connectivity index (χ2n) is 9.55. The summed E-state index contributed by atoms with van der Waals surface area (Å²) in [4.78, 5) is 36.9. The number of ether oxygens (including phenoxy) is 4. The molecule has 8 nitrogen and oxygen atoms in total. The highest BCUT2D eigenvalue weighted by molar-refractivity contribution is 5.88. The highest BCUT2D eigenvalue weighted by Gasteiger charge is 2.79. The van der Waals surface area contributed by atoms with Crippen molar-refractivity contribution in [2.45, 2.75) is 82.9 Å². The molecule has 0 radical (unpaired) electrons. The van der Waals surface area contributed by atoms with Gasteiger partial charge in [0.25, 0.3) is 0 Å². The molecule has 8 heteroatoms. The molecular formula is C22H30O8. The predicted octanol–water partition coefficient (Wildman–Crippen LogP) is 1.68. The Bertz CT molecular complexity index is 816. The maximum atomic E-state index is 12.9. The minimum atomic E-state index is -1.43. The van der Waals surface area contributed by atoms with Crippen molar-refractivity contribution in [2.75, 3.05) is 6.61 Å². The van der Waals surface area contributed by atoms with E-state index in [0.29, 0.717) is 18.4 Å². The van der Waals surface area contributed by atoms with E-state index in [1.54, 1.807) is 26.8 Å². The van der Waals surface area contributed by atoms with Crippen LogP contribution in [0.5, 0.6) is 0 Å². The average molecular weight is 422 g/mol. The van der Waals surface area contributed by atoms with Crippen LogP contribution in [-0.4, -0.2) is 58.6 Å². The lowest BCUT2D eigenvalue weighted by Crippen LogP contribution is -2.57. The van der Waals surface area contributed by atoms with E-state index in [1.807, 2.05) is 6.92 Å². The molecule has 1 spiro atoms. The van der Waals surface area contributed by atoms with Gasteiger partial charge in [0.15, 0.2) is 0 Å². The Kier molecular flexibility index (Phi) is 4.82. The highest BCUT2D eigenvalue weighted by Crippen LogP contribution is 2.65. The number of carbonyl (C=O) groups excluding carboxylic acids is 3. The smallest absolute Gasteiger partial charge is 0.342 e. The number of rotatable bonds is 4. The molecule has 4 aliphatic rings. The van der Waals surface area contributed by atoms with E-state index in [4.69, 9.17) is 18.9 Å². The molecule has 2 aliphatic carbocycles. The Morgan fingerprint density at radius 2 is 2.00 bits per heavy atom. The zero-order valence-electron chi connectivity index (χ0n) is 18.1. The third kappa shape index (κ3) is 2.76. The van der Waals surface area contributed by atoms with Gasteiger partial charge in [-0.1, -0.05) is 13.0 Å². The van der Waals surface area contributed by atoms with Crippen LogP contribution >= 0.6 is 0 Å². The summed E-state index contributed by atoms with van der Waals surface area (Å²) >= 11 is 0. The second-order valence-corrected chi connectivity index (χ2v) is 9.55. The molecule has 4 rings (SSSR count). The maximum Gasteiger partial charge on any atom is 0.342 e. The molecule has 2 saturated heterocycles. The fraction of sp³-hybridized carbons (Fsp3) is 0.773. The van der Waals surface area contributed by atoms with E-state index in [1.165, 1.54) is 6.92 Å². The van der Waals surface area contributed by atoms with Crippen molar-refractivity contribution >= 4 is 17.9 Å². The molecule has 0 amide bonds. The summed E-state index contributed by atoms with van der Waals surface area (Å²) in [6.07, 6.45) is 1.89. The van der Waals surface area contributed by atoms with Gasteiger partial charge in [-0.25, -0.2) is 9.59 Å². The van der Waals surface area contributed by atoms with Crippen molar-refractivity contribution in [3.8, 4) is 0 Å². The van der Waals surface area contributed by atoms with E-state index in [0.717, 1.165) is 0 Å². The van der Waals surface area contributed by atoms with Gasteiger partial charge in [0.2, 0.25) is 5.60 Å². The summed E-state index contributed by atoms with van der Waals surface area (Å²) in [6, 6.07) is 0. The third-order valence-electron chi connectivity index (χ3n) is 7.71. The van der Waals surface area contributed by atoms with Crippen LogP contribution in [0.3, 0.4) is 0 Å². The molecule has 4 fully saturated rings. The first kappa shape index (κ1) is 21.3. The molecule has 166 valence electrons. The van der Waals surface area contributed by atoms with Crippen molar-refractivity contribution in [3.05, 3.63) is 11.6 Å². The molecule has 0 aromatic carbocycles. The summed E-state index contributed by atoms with van der Waals surface area (Å²) in [5, 5.41) is 11.5. The van der Waals surface area contributed by atoms with E-state index in [9.17, 15) is 19.5 Å². The van der Waals surface area contributed by atoms with Crippen LogP contribution in [0.1, 0.15) is 53.9 Å². The van der Waals surface area contributed by atoms with Gasteiger partial charge in [0, 0.05) is 30.8 Å². The molecule has 1 N–H and O–H groups in total. The fourth-order valence-corrected chi connectivity index (χ4v) is 6.18. The Hall–Kier alpha value is -1.93. The van der Waals surface area contributed by atoms with Gasteiger partial charge in [-0.3, -0.25) is 4.79 Å². The minimum Gasteiger partial charge on any atom is -0.462 e. The molecule has 0 aromatic rings. The number of aliphatic hydroxyl groups is 1. The molecule has 8 unspecified atom stereocenters. The van der Waals surface area contributed by atoms with Crippen molar-refractivity contribution in [3.63, 3.8) is 0 Å². The van der Waals surface area contributed by atoms with Crippen LogP contribution in [0.15, 0.2) is 11.6 Å². The largest absolute Gasteiger partial charge is 0.462 e. The molecule has 0 aromatic heterocycles. The first-order valence-corrected chi connectivity index (χ1v) is 10.6. The topological polar surface area (TPSA) is 108 Å². The predicted molar refractivity (Wildman–Crippen MR) is 103 cm³/mol. The third-order valence-corrected chi connectivity index (χ3v) is 7.71. The summed E-state index contributed by atoms with van der Waals surface area (Å²) in [5.74, 6) is -2.17. The first-order chi connectivity index (χ1) is 14.0. The average Bonchev–Trinajstić information content (AvgIpc) is 3.17. The second kappa shape index (κ2) is 6.79. The van der Waals surface area contributed by atoms with Gasteiger partial charge >= 0.3 is 17.9 Å². The SMILES string of the molecule is CC=C(C)C(=O)OC1CC(C)(O)C23CC4C(CC(C)C12)OC(=O)C4(COC(C)=O)O3. The first-order valence-electron chi connectivity index (χ1n) is 10.6. The van der Waals surface area contributed by atoms with Gasteiger partial charge in [-0.15, -0.1) is 0 Å². The van der Waals surface area contributed by atoms with Crippen molar-refractivity contribution < 1.29 is 38.4 Å². The summed E-state index contributed by atoms with van der Waals surface area (Å²) in [5.41, 5.74) is -3.37. The number of hydrogen-bond acceptors (Lipinski definition) is 8. The van der Waals surface area contributed by atoms with Crippen LogP contribution in [0.4, 0.5) is 0 Å². The van der Waals surface area contributed by atoms with E-state index in [2.05, 4.69) is 0 Å². The van der Waals surface area contributed by atoms with Crippen LogP contribution in [0.2, 0.25) is 0 Å². The van der Waals surface area contributed by atoms with Crippen molar-refractivity contribution in [1.82, 2.24) is 0 Å². The van der Waals surface area contributed by atoms with Crippen LogP contribution in [0, 0.1) is 17.8 Å². The number of carbonyl (C=O) groups is 3. The van der Waals surface area contributed by atoms with E-state index in [-0.39, 0.29) is 30.8 Å². The lowest BCUT2D eigenvalue weighted by Gasteiger charge is -2.43. The fourth-order valence-electron chi connectivity index (χ4n) is 6.18. The zero-order valence-corrected chi connectivity index (χ0v) is 18.1. The Balaban J connectivity index is 1.74. The molecular weight excluding hydrogens is 392 g/mol. The standard InChI is InChI=1S/C22H30O8/c1-6-11(2)18(24)28-16-9-20(5,26)22-8-14-15(7-12(3)17(16)22)29-19(25)21(14,30-22)10-27-13(4)23/h6,12,14-17,26H,7-10H2,1-5H3. The normalized spacial score (nSPS) is 46.8. The molecule has 2 saturated carbocycles. The molecule has 8 atom stereocenters. The zero-order chi connectivity index (χ0) is 22.1. The summed E-state index contributed by atoms with van der Waals surface area (Å²) < 4.78 is 23.2. The Labute approximate surface area is 175 Å². The van der Waals surface area contributed by atoms with Gasteiger partial charge < -0.3 is 24.1 Å². The number of allylic oxidation sites excluding steroid dienone is 1. The summed E-state index contributed by atoms with van der Waals surface area (Å²) in [6.45, 7) is 8.17. The molecule has 2 bridgehead atoms. The lowest BCUT2D eigenvalue weighted by molar-refractivity contribution is -0.222. The highest BCUT2D eigenvalue weighted by atomic mass is 16.6. The van der Waals surface area contributed by atoms with E-state index < -0.39 is 46.9 Å². The van der Waals surface area contributed by atoms with Crippen LogP contribution in [-0.2, 0) is 33.3 Å². The quantitative estimate of drug-likeness (QED) is 0.414. The van der Waals surface area contributed by atoms with Crippen LogP contribution < -0.4 is 0 Å². The van der Waals surface area contributed by atoms with Crippen molar-refractivity contribution in [1.29, 1.82) is 0 Å². The number of hydrogen-bond donors (Lipinski definition) is 1. The van der Waals surface area contributed by atoms with Gasteiger partial charge in [-0.2, -0.15) is 0 Å². The monoisotopic (exact) mass is 422 g/mol. The van der Waals surface area contributed by atoms with Gasteiger partial charge in [0.1, 0.15) is 24.4 Å². The Morgan fingerprint density at radius 3 is 2.63 bits per heavy atom. The maximum absolute atomic E-state index is 12.9. The van der Waals surface area contributed by atoms with Gasteiger partial charge in [-0.05, 0) is 39.5 Å². The van der Waals surface area contributed by atoms with Crippen molar-refractivity contribution in [2.24, 2.45) is 17.8 Å². The molecule has 2 heterocycles. The van der Waals surface area contributed by atoms with E-state index >= 15 is 0 Å². The van der Waals surface area contributed by atoms with Crippen LogP contribution in [0.25, 0.3) is 0 Å². The number of esters is 3.